The summed E-state index contributed by atoms with van der Waals surface area (Å²) in [7, 11) is 0. The van der Waals surface area contributed by atoms with Gasteiger partial charge in [-0.25, -0.2) is 4.39 Å². The van der Waals surface area contributed by atoms with Crippen molar-refractivity contribution in [2.24, 2.45) is 5.73 Å². The minimum absolute atomic E-state index is 0.104. The molecule has 0 spiro atoms. The molecule has 0 saturated carbocycles. The second-order valence-corrected chi connectivity index (χ2v) is 3.25. The van der Waals surface area contributed by atoms with Crippen LogP contribution in [0.4, 0.5) is 4.39 Å². The fraction of sp³-hybridized carbons (Fsp3) is 0.273. The van der Waals surface area contributed by atoms with Crippen molar-refractivity contribution >= 4 is 0 Å². The van der Waals surface area contributed by atoms with Gasteiger partial charge in [-0.1, -0.05) is 6.07 Å². The van der Waals surface area contributed by atoms with E-state index in [0.717, 1.165) is 0 Å². The number of fused-ring (bicyclic) bond motifs is 1. The van der Waals surface area contributed by atoms with Crippen molar-refractivity contribution in [2.75, 3.05) is 19.9 Å². The molecule has 0 bridgehead atoms. The van der Waals surface area contributed by atoms with E-state index in [9.17, 15) is 4.39 Å². The Morgan fingerprint density at radius 3 is 3.12 bits per heavy atom. The van der Waals surface area contributed by atoms with E-state index in [4.69, 9.17) is 19.9 Å². The Morgan fingerprint density at radius 1 is 1.50 bits per heavy atom. The number of hydrogen-bond acceptors (Lipinski definition) is 4. The first kappa shape index (κ1) is 10.8. The molecule has 0 saturated heterocycles. The van der Waals surface area contributed by atoms with E-state index in [1.54, 1.807) is 18.2 Å². The molecule has 0 unspecified atom stereocenters. The predicted molar refractivity (Wildman–Crippen MR) is 56.3 cm³/mol. The smallest absolute Gasteiger partial charge is 0.231 e. The molecule has 4 nitrogen and oxygen atoms in total. The SMILES string of the molecule is NC/C(=C\F)COc1cccc2c1OCO2. The van der Waals surface area contributed by atoms with Gasteiger partial charge in [-0.05, 0) is 12.1 Å². The lowest BCUT2D eigenvalue weighted by atomic mass is 10.3. The van der Waals surface area contributed by atoms with E-state index in [-0.39, 0.29) is 19.9 Å². The molecule has 2 rings (SSSR count). The second-order valence-electron chi connectivity index (χ2n) is 3.25. The van der Waals surface area contributed by atoms with Gasteiger partial charge in [0, 0.05) is 12.1 Å². The van der Waals surface area contributed by atoms with Gasteiger partial charge in [-0.15, -0.1) is 0 Å². The van der Waals surface area contributed by atoms with Crippen LogP contribution in [-0.2, 0) is 0 Å². The summed E-state index contributed by atoms with van der Waals surface area (Å²) in [5.41, 5.74) is 5.70. The standard InChI is InChI=1S/C11H12FNO3/c12-4-8(5-13)6-14-9-2-1-3-10-11(9)16-7-15-10/h1-4H,5-7,13H2/b8-4+. The number of hydrogen-bond donors (Lipinski definition) is 1. The van der Waals surface area contributed by atoms with Gasteiger partial charge in [0.1, 0.15) is 6.61 Å². The zero-order valence-electron chi connectivity index (χ0n) is 8.61. The van der Waals surface area contributed by atoms with Gasteiger partial charge in [0.15, 0.2) is 11.5 Å². The summed E-state index contributed by atoms with van der Waals surface area (Å²) in [5.74, 6) is 1.72. The number of halogens is 1. The predicted octanol–water partition coefficient (Wildman–Crippen LogP) is 1.61. The lowest BCUT2D eigenvalue weighted by molar-refractivity contribution is 0.170. The highest BCUT2D eigenvalue weighted by atomic mass is 19.1. The van der Waals surface area contributed by atoms with Crippen LogP contribution in [0.15, 0.2) is 30.1 Å². The molecule has 2 N–H and O–H groups in total. The second kappa shape index (κ2) is 4.85. The van der Waals surface area contributed by atoms with E-state index in [0.29, 0.717) is 29.2 Å². The first-order valence-corrected chi connectivity index (χ1v) is 4.84. The Morgan fingerprint density at radius 2 is 2.38 bits per heavy atom. The average molecular weight is 225 g/mol. The maximum absolute atomic E-state index is 12.3. The van der Waals surface area contributed by atoms with E-state index >= 15 is 0 Å². The van der Waals surface area contributed by atoms with Crippen molar-refractivity contribution in [1.82, 2.24) is 0 Å². The first-order chi connectivity index (χ1) is 7.85. The van der Waals surface area contributed by atoms with Crippen LogP contribution in [0.5, 0.6) is 17.2 Å². The Bertz CT molecular complexity index is 406. The molecule has 16 heavy (non-hydrogen) atoms. The van der Waals surface area contributed by atoms with Gasteiger partial charge in [0.2, 0.25) is 12.5 Å². The van der Waals surface area contributed by atoms with Crippen LogP contribution in [0.25, 0.3) is 0 Å². The number of nitrogens with two attached hydrogens (primary N) is 1. The van der Waals surface area contributed by atoms with Gasteiger partial charge < -0.3 is 19.9 Å². The normalized spacial score (nSPS) is 14.0. The van der Waals surface area contributed by atoms with E-state index in [2.05, 4.69) is 0 Å². The topological polar surface area (TPSA) is 53.7 Å². The lowest BCUT2D eigenvalue weighted by Crippen LogP contribution is -2.10. The highest BCUT2D eigenvalue weighted by Gasteiger charge is 2.18. The van der Waals surface area contributed by atoms with E-state index < -0.39 is 0 Å². The largest absolute Gasteiger partial charge is 0.485 e. The highest BCUT2D eigenvalue weighted by molar-refractivity contribution is 5.52. The molecule has 5 heteroatoms. The highest BCUT2D eigenvalue weighted by Crippen LogP contribution is 2.40. The van der Waals surface area contributed by atoms with Crippen LogP contribution in [0.3, 0.4) is 0 Å². The Balaban J connectivity index is 2.08. The third-order valence-electron chi connectivity index (χ3n) is 2.19. The fourth-order valence-electron chi connectivity index (χ4n) is 1.32. The van der Waals surface area contributed by atoms with Crippen LogP contribution in [0.1, 0.15) is 0 Å². The maximum Gasteiger partial charge on any atom is 0.231 e. The molecular weight excluding hydrogens is 213 g/mol. The van der Waals surface area contributed by atoms with Crippen molar-refractivity contribution in [3.63, 3.8) is 0 Å². The number of ether oxygens (including phenoxy) is 3. The van der Waals surface area contributed by atoms with Crippen LogP contribution < -0.4 is 19.9 Å². The number of benzene rings is 1. The maximum atomic E-state index is 12.3. The number of para-hydroxylation sites is 1. The Kier molecular flexibility index (Phi) is 3.26. The molecule has 1 aliphatic heterocycles. The van der Waals surface area contributed by atoms with Gasteiger partial charge in [0.05, 0.1) is 6.33 Å². The molecule has 0 aliphatic carbocycles. The molecule has 1 heterocycles. The summed E-state index contributed by atoms with van der Waals surface area (Å²) in [6.45, 7) is 0.411. The van der Waals surface area contributed by atoms with Crippen molar-refractivity contribution in [2.45, 2.75) is 0 Å². The molecule has 0 fully saturated rings. The molecule has 0 aromatic heterocycles. The van der Waals surface area contributed by atoms with Gasteiger partial charge in [0.25, 0.3) is 0 Å². The lowest BCUT2D eigenvalue weighted by Gasteiger charge is -2.09. The van der Waals surface area contributed by atoms with Crippen molar-refractivity contribution in [3.8, 4) is 17.2 Å². The quantitative estimate of drug-likeness (QED) is 0.845. The van der Waals surface area contributed by atoms with Crippen LogP contribution in [-0.4, -0.2) is 19.9 Å². The van der Waals surface area contributed by atoms with Gasteiger partial charge in [-0.2, -0.15) is 0 Å². The summed E-state index contributed by atoms with van der Waals surface area (Å²) < 4.78 is 28.1. The molecule has 0 radical (unpaired) electrons. The Hall–Kier alpha value is -1.75. The van der Waals surface area contributed by atoms with Crippen LogP contribution >= 0.6 is 0 Å². The summed E-state index contributed by atoms with van der Waals surface area (Å²) in [6, 6.07) is 5.30. The molecule has 0 amide bonds. The Labute approximate surface area is 92.4 Å². The molecule has 1 aliphatic rings. The third kappa shape index (κ3) is 2.09. The minimum Gasteiger partial charge on any atom is -0.485 e. The van der Waals surface area contributed by atoms with Crippen LogP contribution in [0.2, 0.25) is 0 Å². The van der Waals surface area contributed by atoms with Crippen molar-refractivity contribution in [1.29, 1.82) is 0 Å². The number of rotatable bonds is 4. The summed E-state index contributed by atoms with van der Waals surface area (Å²) in [4.78, 5) is 0. The third-order valence-corrected chi connectivity index (χ3v) is 2.19. The molecular formula is C11H12FNO3. The molecule has 86 valence electrons. The van der Waals surface area contributed by atoms with Gasteiger partial charge >= 0.3 is 0 Å². The van der Waals surface area contributed by atoms with Crippen molar-refractivity contribution < 1.29 is 18.6 Å². The van der Waals surface area contributed by atoms with Crippen LogP contribution in [0, 0.1) is 0 Å². The first-order valence-electron chi connectivity index (χ1n) is 4.84. The molecule has 0 atom stereocenters. The summed E-state index contributed by atoms with van der Waals surface area (Å²) in [6.07, 6.45) is 0.459. The summed E-state index contributed by atoms with van der Waals surface area (Å²) >= 11 is 0. The van der Waals surface area contributed by atoms with Crippen molar-refractivity contribution in [3.05, 3.63) is 30.1 Å². The average Bonchev–Trinajstić information content (AvgIpc) is 2.79. The fourth-order valence-corrected chi connectivity index (χ4v) is 1.32. The summed E-state index contributed by atoms with van der Waals surface area (Å²) in [5, 5.41) is 0. The molecule has 1 aromatic carbocycles. The monoisotopic (exact) mass is 225 g/mol. The zero-order chi connectivity index (χ0) is 11.4. The van der Waals surface area contributed by atoms with Gasteiger partial charge in [-0.3, -0.25) is 0 Å². The van der Waals surface area contributed by atoms with E-state index in [1.807, 2.05) is 0 Å². The zero-order valence-corrected chi connectivity index (χ0v) is 8.61. The molecule has 1 aromatic rings. The van der Waals surface area contributed by atoms with E-state index in [1.165, 1.54) is 0 Å². The minimum atomic E-state index is 0.104.